The molecule has 0 amide bonds. The molecule has 1 aliphatic heterocycles. The van der Waals surface area contributed by atoms with Gasteiger partial charge in [-0.3, -0.25) is 0 Å². The van der Waals surface area contributed by atoms with E-state index in [2.05, 4.69) is 22.9 Å². The van der Waals surface area contributed by atoms with E-state index in [1.807, 2.05) is 0 Å². The second kappa shape index (κ2) is 3.29. The summed E-state index contributed by atoms with van der Waals surface area (Å²) in [6, 6.07) is 2.94. The van der Waals surface area contributed by atoms with Crippen LogP contribution in [0.1, 0.15) is 12.5 Å². The number of hydrogen-bond acceptors (Lipinski definition) is 1. The minimum Gasteiger partial charge on any atom is -0.493 e. The van der Waals surface area contributed by atoms with Crippen molar-refractivity contribution in [2.75, 3.05) is 6.61 Å². The van der Waals surface area contributed by atoms with Crippen molar-refractivity contribution in [1.82, 2.24) is 0 Å². The van der Waals surface area contributed by atoms with Crippen LogP contribution in [0.5, 0.6) is 5.75 Å². The molecule has 1 aromatic carbocycles. The SMILES string of the molecule is CC1COc2cc(F)cc(Br)c2C1. The highest BCUT2D eigenvalue weighted by molar-refractivity contribution is 9.10. The zero-order chi connectivity index (χ0) is 9.42. The third-order valence-corrected chi connectivity index (χ3v) is 2.90. The first-order valence-corrected chi connectivity index (χ1v) is 5.07. The quantitative estimate of drug-likeness (QED) is 0.682. The Morgan fingerprint density at radius 3 is 3.08 bits per heavy atom. The molecule has 1 atom stereocenters. The van der Waals surface area contributed by atoms with E-state index in [0.717, 1.165) is 16.5 Å². The van der Waals surface area contributed by atoms with Crippen molar-refractivity contribution in [3.63, 3.8) is 0 Å². The lowest BCUT2D eigenvalue weighted by atomic mass is 9.98. The average molecular weight is 245 g/mol. The summed E-state index contributed by atoms with van der Waals surface area (Å²) < 4.78 is 19.2. The molecular weight excluding hydrogens is 235 g/mol. The van der Waals surface area contributed by atoms with E-state index < -0.39 is 0 Å². The van der Waals surface area contributed by atoms with Crippen molar-refractivity contribution in [2.24, 2.45) is 5.92 Å². The molecule has 0 radical (unpaired) electrons. The number of rotatable bonds is 0. The summed E-state index contributed by atoms with van der Waals surface area (Å²) in [6.45, 7) is 2.81. The van der Waals surface area contributed by atoms with E-state index in [0.29, 0.717) is 18.3 Å². The van der Waals surface area contributed by atoms with Crippen molar-refractivity contribution < 1.29 is 9.13 Å². The molecule has 0 bridgehead atoms. The van der Waals surface area contributed by atoms with Gasteiger partial charge in [0.1, 0.15) is 11.6 Å². The molecule has 0 fully saturated rings. The Kier molecular flexibility index (Phi) is 2.28. The molecule has 0 spiro atoms. The highest BCUT2D eigenvalue weighted by Gasteiger charge is 2.19. The van der Waals surface area contributed by atoms with Crippen LogP contribution in [0.3, 0.4) is 0 Å². The average Bonchev–Trinajstić information content (AvgIpc) is 2.06. The zero-order valence-electron chi connectivity index (χ0n) is 7.31. The van der Waals surface area contributed by atoms with Gasteiger partial charge in [-0.1, -0.05) is 22.9 Å². The van der Waals surface area contributed by atoms with Crippen molar-refractivity contribution in [1.29, 1.82) is 0 Å². The van der Waals surface area contributed by atoms with Gasteiger partial charge in [-0.05, 0) is 18.4 Å². The first-order valence-electron chi connectivity index (χ1n) is 4.27. The number of ether oxygens (including phenoxy) is 1. The fourth-order valence-electron chi connectivity index (χ4n) is 1.55. The molecule has 0 N–H and O–H groups in total. The van der Waals surface area contributed by atoms with Gasteiger partial charge >= 0.3 is 0 Å². The van der Waals surface area contributed by atoms with Gasteiger partial charge < -0.3 is 4.74 Å². The van der Waals surface area contributed by atoms with Gasteiger partial charge in [-0.15, -0.1) is 0 Å². The lowest BCUT2D eigenvalue weighted by molar-refractivity contribution is 0.232. The second-order valence-electron chi connectivity index (χ2n) is 3.48. The van der Waals surface area contributed by atoms with Crippen molar-refractivity contribution in [3.8, 4) is 5.75 Å². The van der Waals surface area contributed by atoms with Gasteiger partial charge in [0.05, 0.1) is 6.61 Å². The van der Waals surface area contributed by atoms with Crippen LogP contribution in [0.2, 0.25) is 0 Å². The Hall–Kier alpha value is -0.570. The van der Waals surface area contributed by atoms with Crippen LogP contribution >= 0.6 is 15.9 Å². The monoisotopic (exact) mass is 244 g/mol. The minimum atomic E-state index is -0.250. The predicted octanol–water partition coefficient (Wildman–Crippen LogP) is 3.16. The summed E-state index contributed by atoms with van der Waals surface area (Å²) in [5, 5.41) is 0. The van der Waals surface area contributed by atoms with E-state index >= 15 is 0 Å². The van der Waals surface area contributed by atoms with Crippen LogP contribution in [0.4, 0.5) is 4.39 Å². The highest BCUT2D eigenvalue weighted by Crippen LogP contribution is 2.33. The summed E-state index contributed by atoms with van der Waals surface area (Å²) in [4.78, 5) is 0. The van der Waals surface area contributed by atoms with Gasteiger partial charge in [-0.25, -0.2) is 4.39 Å². The number of hydrogen-bond donors (Lipinski definition) is 0. The molecule has 1 unspecified atom stereocenters. The number of benzene rings is 1. The molecule has 0 saturated heterocycles. The smallest absolute Gasteiger partial charge is 0.128 e. The molecule has 70 valence electrons. The Bertz CT molecular complexity index is 338. The highest BCUT2D eigenvalue weighted by atomic mass is 79.9. The molecule has 3 heteroatoms. The lowest BCUT2D eigenvalue weighted by Crippen LogP contribution is -2.18. The van der Waals surface area contributed by atoms with Gasteiger partial charge in [0, 0.05) is 16.1 Å². The molecular formula is C10H10BrFO. The maximum atomic E-state index is 12.9. The number of halogens is 2. The van der Waals surface area contributed by atoms with Crippen molar-refractivity contribution >= 4 is 15.9 Å². The van der Waals surface area contributed by atoms with Crippen LogP contribution in [-0.2, 0) is 6.42 Å². The molecule has 1 aliphatic rings. The van der Waals surface area contributed by atoms with Crippen LogP contribution in [-0.4, -0.2) is 6.61 Å². The van der Waals surface area contributed by atoms with Crippen molar-refractivity contribution in [2.45, 2.75) is 13.3 Å². The fraction of sp³-hybridized carbons (Fsp3) is 0.400. The molecule has 2 rings (SSSR count). The van der Waals surface area contributed by atoms with Crippen LogP contribution in [0.15, 0.2) is 16.6 Å². The van der Waals surface area contributed by atoms with E-state index in [1.165, 1.54) is 12.1 Å². The van der Waals surface area contributed by atoms with Crippen LogP contribution in [0, 0.1) is 11.7 Å². The van der Waals surface area contributed by atoms with E-state index in [9.17, 15) is 4.39 Å². The standard InChI is InChI=1S/C10H10BrFO/c1-6-2-8-9(11)3-7(12)4-10(8)13-5-6/h3-4,6H,2,5H2,1H3. The normalized spacial score (nSPS) is 20.7. The fourth-order valence-corrected chi connectivity index (χ4v) is 2.12. The van der Waals surface area contributed by atoms with Gasteiger partial charge in [0.15, 0.2) is 0 Å². The van der Waals surface area contributed by atoms with Crippen LogP contribution in [0.25, 0.3) is 0 Å². The number of fused-ring (bicyclic) bond motifs is 1. The summed E-state index contributed by atoms with van der Waals surface area (Å²) in [6.07, 6.45) is 0.955. The van der Waals surface area contributed by atoms with Gasteiger partial charge in [0.2, 0.25) is 0 Å². The van der Waals surface area contributed by atoms with E-state index in [-0.39, 0.29) is 5.82 Å². The van der Waals surface area contributed by atoms with Crippen LogP contribution < -0.4 is 4.74 Å². The molecule has 1 aromatic rings. The largest absolute Gasteiger partial charge is 0.493 e. The van der Waals surface area contributed by atoms with Gasteiger partial charge in [-0.2, -0.15) is 0 Å². The zero-order valence-corrected chi connectivity index (χ0v) is 8.90. The minimum absolute atomic E-state index is 0.250. The predicted molar refractivity (Wildman–Crippen MR) is 52.5 cm³/mol. The maximum absolute atomic E-state index is 12.9. The lowest BCUT2D eigenvalue weighted by Gasteiger charge is -2.23. The maximum Gasteiger partial charge on any atom is 0.128 e. The van der Waals surface area contributed by atoms with Gasteiger partial charge in [0.25, 0.3) is 0 Å². The summed E-state index contributed by atoms with van der Waals surface area (Å²) in [7, 11) is 0. The third-order valence-electron chi connectivity index (χ3n) is 2.20. The molecule has 0 saturated carbocycles. The van der Waals surface area contributed by atoms with E-state index in [1.54, 1.807) is 0 Å². The molecule has 0 aromatic heterocycles. The Balaban J connectivity index is 2.47. The third kappa shape index (κ3) is 1.70. The Morgan fingerprint density at radius 2 is 2.31 bits per heavy atom. The van der Waals surface area contributed by atoms with E-state index in [4.69, 9.17) is 4.74 Å². The molecule has 0 aliphatic carbocycles. The summed E-state index contributed by atoms with van der Waals surface area (Å²) >= 11 is 3.34. The second-order valence-corrected chi connectivity index (χ2v) is 4.34. The molecule has 13 heavy (non-hydrogen) atoms. The topological polar surface area (TPSA) is 9.23 Å². The molecule has 1 nitrogen and oxygen atoms in total. The Labute approximate surface area is 85.0 Å². The summed E-state index contributed by atoms with van der Waals surface area (Å²) in [5.74, 6) is 0.944. The summed E-state index contributed by atoms with van der Waals surface area (Å²) in [5.41, 5.74) is 1.08. The molecule has 1 heterocycles. The van der Waals surface area contributed by atoms with Crippen molar-refractivity contribution in [3.05, 3.63) is 28.0 Å². The first kappa shape index (κ1) is 9.00. The first-order chi connectivity index (χ1) is 6.16. The Morgan fingerprint density at radius 1 is 1.54 bits per heavy atom.